The molecule has 0 N–H and O–H groups in total. The van der Waals surface area contributed by atoms with E-state index in [0.717, 1.165) is 0 Å². The molecule has 5 heteroatoms. The molecule has 36 heavy (non-hydrogen) atoms. The summed E-state index contributed by atoms with van der Waals surface area (Å²) in [6.07, 6.45) is 4.27. The van der Waals surface area contributed by atoms with Crippen LogP contribution in [0.1, 0.15) is 81.6 Å². The molecular weight excluding hydrogens is 442 g/mol. The number of nitrogens with zero attached hydrogens (tertiary/aromatic N) is 5. The molecule has 0 aromatic rings. The van der Waals surface area contributed by atoms with Gasteiger partial charge < -0.3 is 19.2 Å². The van der Waals surface area contributed by atoms with E-state index >= 15 is 0 Å². The van der Waals surface area contributed by atoms with Crippen LogP contribution >= 0.6 is 0 Å². The van der Waals surface area contributed by atoms with Crippen LogP contribution in [0.4, 0.5) is 0 Å². The molecular formula is C31H68N5+. The molecule has 3 aliphatic rings. The Balaban J connectivity index is 0.000000271. The molecule has 0 saturated carbocycles. The molecule has 3 saturated heterocycles. The van der Waals surface area contributed by atoms with E-state index in [-0.39, 0.29) is 0 Å². The predicted octanol–water partition coefficient (Wildman–Crippen LogP) is 5.22. The molecule has 3 aliphatic heterocycles. The number of likely N-dealkylation sites (N-methyl/N-ethyl adjacent to an activating group) is 2. The Bertz CT molecular complexity index is 557. The Morgan fingerprint density at radius 2 is 0.806 bits per heavy atom. The van der Waals surface area contributed by atoms with E-state index in [9.17, 15) is 0 Å². The van der Waals surface area contributed by atoms with Crippen molar-refractivity contribution in [2.45, 2.75) is 81.6 Å². The van der Waals surface area contributed by atoms with Crippen LogP contribution in [-0.4, -0.2) is 130 Å². The number of hydrogen-bond donors (Lipinski definition) is 0. The zero-order chi connectivity index (χ0) is 27.6. The molecule has 5 nitrogen and oxygen atoms in total. The number of quaternary nitrogens is 1. The highest BCUT2D eigenvalue weighted by Crippen LogP contribution is 2.19. The number of likely N-dealkylation sites (tertiary alicyclic amines) is 1. The molecule has 0 aromatic carbocycles. The average molecular weight is 511 g/mol. The molecule has 0 spiro atoms. The Hall–Kier alpha value is -0.200. The van der Waals surface area contributed by atoms with Crippen molar-refractivity contribution in [1.29, 1.82) is 0 Å². The van der Waals surface area contributed by atoms with Crippen molar-refractivity contribution >= 4 is 0 Å². The van der Waals surface area contributed by atoms with Crippen LogP contribution in [0.25, 0.3) is 0 Å². The second kappa shape index (κ2) is 14.8. The first-order valence-corrected chi connectivity index (χ1v) is 15.0. The van der Waals surface area contributed by atoms with Gasteiger partial charge in [-0.1, -0.05) is 68.7 Å². The number of hydrogen-bond acceptors (Lipinski definition) is 4. The van der Waals surface area contributed by atoms with Crippen molar-refractivity contribution in [3.05, 3.63) is 0 Å². The summed E-state index contributed by atoms with van der Waals surface area (Å²) in [5, 5.41) is 0. The Labute approximate surface area is 228 Å². The molecule has 3 fully saturated rings. The zero-order valence-corrected chi connectivity index (χ0v) is 27.0. The normalized spacial score (nSPS) is 23.3. The first-order chi connectivity index (χ1) is 16.3. The smallest absolute Gasteiger partial charge is 0.0912 e. The van der Waals surface area contributed by atoms with Crippen molar-refractivity contribution < 1.29 is 4.48 Å². The van der Waals surface area contributed by atoms with Gasteiger partial charge in [-0.05, 0) is 49.2 Å². The lowest BCUT2D eigenvalue weighted by molar-refractivity contribution is -0.894. The first-order valence-electron chi connectivity index (χ1n) is 15.0. The van der Waals surface area contributed by atoms with Crippen LogP contribution in [0.2, 0.25) is 0 Å². The van der Waals surface area contributed by atoms with Gasteiger partial charge in [0.1, 0.15) is 0 Å². The molecule has 0 aliphatic carbocycles. The van der Waals surface area contributed by atoms with Crippen molar-refractivity contribution in [2.24, 2.45) is 16.2 Å². The van der Waals surface area contributed by atoms with Crippen molar-refractivity contribution in [2.75, 3.05) is 106 Å². The molecule has 3 heterocycles. The lowest BCUT2D eigenvalue weighted by Gasteiger charge is -2.41. The van der Waals surface area contributed by atoms with E-state index in [0.29, 0.717) is 16.2 Å². The fourth-order valence-corrected chi connectivity index (χ4v) is 5.34. The average Bonchev–Trinajstić information content (AvgIpc) is 2.70. The standard InChI is InChI=1S/C11H25N2.C10H22N2.C10H21N/c1-11(2,3)10-12-6-8-13(4,5)9-7-12;1-10(2,3)9-12-7-5-11(4)6-8-12;1-10(2,3)9-11-7-5-4-6-8-11/h6-10H2,1-5H3;5-9H2,1-4H3;4-9H2,1-3H3/q+1;;. The quantitative estimate of drug-likeness (QED) is 0.482. The fraction of sp³-hybridized carbons (Fsp3) is 1.00. The number of piperidine rings is 1. The first kappa shape index (κ1) is 33.8. The minimum atomic E-state index is 0.453. The van der Waals surface area contributed by atoms with Gasteiger partial charge in [-0.2, -0.15) is 0 Å². The minimum absolute atomic E-state index is 0.453. The summed E-state index contributed by atoms with van der Waals surface area (Å²) in [5.74, 6) is 0. The summed E-state index contributed by atoms with van der Waals surface area (Å²) in [5.41, 5.74) is 1.39. The molecule has 0 radical (unpaired) electrons. The molecule has 0 unspecified atom stereocenters. The van der Waals surface area contributed by atoms with Gasteiger partial charge in [0.2, 0.25) is 0 Å². The van der Waals surface area contributed by atoms with Crippen molar-refractivity contribution in [1.82, 2.24) is 19.6 Å². The summed E-state index contributed by atoms with van der Waals surface area (Å²) >= 11 is 0. The largest absolute Gasteiger partial charge is 0.326 e. The highest BCUT2D eigenvalue weighted by atomic mass is 15.4. The van der Waals surface area contributed by atoms with Gasteiger partial charge in [-0.15, -0.1) is 0 Å². The fourth-order valence-electron chi connectivity index (χ4n) is 5.34. The lowest BCUT2D eigenvalue weighted by atomic mass is 9.95. The van der Waals surface area contributed by atoms with Crippen LogP contribution in [0.3, 0.4) is 0 Å². The van der Waals surface area contributed by atoms with Crippen LogP contribution in [0.15, 0.2) is 0 Å². The highest BCUT2D eigenvalue weighted by molar-refractivity contribution is 4.75. The van der Waals surface area contributed by atoms with Crippen LogP contribution in [0, 0.1) is 16.2 Å². The third-order valence-electron chi connectivity index (χ3n) is 7.18. The number of piperazine rings is 2. The van der Waals surface area contributed by atoms with Crippen LogP contribution in [0.5, 0.6) is 0 Å². The van der Waals surface area contributed by atoms with Gasteiger partial charge in [0, 0.05) is 58.9 Å². The highest BCUT2D eigenvalue weighted by Gasteiger charge is 2.26. The predicted molar refractivity (Wildman–Crippen MR) is 161 cm³/mol. The minimum Gasteiger partial charge on any atom is -0.326 e. The SMILES string of the molecule is CC(C)(C)CN1CCCCC1.CC(C)(C)CN1CC[N+](C)(C)CC1.CN1CCN(CC(C)(C)C)CC1. The summed E-state index contributed by atoms with van der Waals surface area (Å²) in [7, 11) is 6.86. The Kier molecular flexibility index (Phi) is 13.9. The molecule has 0 atom stereocenters. The van der Waals surface area contributed by atoms with Gasteiger partial charge in [0.15, 0.2) is 0 Å². The topological polar surface area (TPSA) is 13.0 Å². The Morgan fingerprint density at radius 3 is 1.17 bits per heavy atom. The number of rotatable bonds is 3. The van der Waals surface area contributed by atoms with E-state index < -0.39 is 0 Å². The van der Waals surface area contributed by atoms with E-state index in [1.54, 1.807) is 0 Å². The van der Waals surface area contributed by atoms with Crippen LogP contribution in [-0.2, 0) is 0 Å². The van der Waals surface area contributed by atoms with E-state index in [2.05, 4.69) is 103 Å². The van der Waals surface area contributed by atoms with Crippen molar-refractivity contribution in [3.8, 4) is 0 Å². The summed E-state index contributed by atoms with van der Waals surface area (Å²) in [4.78, 5) is 10.2. The third kappa shape index (κ3) is 18.1. The van der Waals surface area contributed by atoms with E-state index in [1.165, 1.54) is 109 Å². The molecule has 3 rings (SSSR count). The van der Waals surface area contributed by atoms with Gasteiger partial charge in [0.25, 0.3) is 0 Å². The van der Waals surface area contributed by atoms with Gasteiger partial charge in [0.05, 0.1) is 27.2 Å². The maximum Gasteiger partial charge on any atom is 0.0912 e. The van der Waals surface area contributed by atoms with E-state index in [1.807, 2.05) is 0 Å². The second-order valence-electron chi connectivity index (χ2n) is 16.3. The summed E-state index contributed by atoms with van der Waals surface area (Å²) in [6, 6.07) is 0. The third-order valence-corrected chi connectivity index (χ3v) is 7.18. The van der Waals surface area contributed by atoms with Crippen LogP contribution < -0.4 is 0 Å². The molecule has 216 valence electrons. The van der Waals surface area contributed by atoms with Gasteiger partial charge in [-0.3, -0.25) is 4.90 Å². The van der Waals surface area contributed by atoms with Gasteiger partial charge >= 0.3 is 0 Å². The molecule has 0 amide bonds. The van der Waals surface area contributed by atoms with Gasteiger partial charge in [-0.25, -0.2) is 0 Å². The zero-order valence-electron chi connectivity index (χ0n) is 27.0. The summed E-state index contributed by atoms with van der Waals surface area (Å²) < 4.78 is 1.20. The monoisotopic (exact) mass is 511 g/mol. The second-order valence-corrected chi connectivity index (χ2v) is 16.3. The maximum absolute atomic E-state index is 2.60. The molecule has 0 aromatic heterocycles. The van der Waals surface area contributed by atoms with Crippen molar-refractivity contribution in [3.63, 3.8) is 0 Å². The lowest BCUT2D eigenvalue weighted by Crippen LogP contribution is -2.55. The van der Waals surface area contributed by atoms with E-state index in [4.69, 9.17) is 0 Å². The molecule has 0 bridgehead atoms. The summed E-state index contributed by atoms with van der Waals surface area (Å²) in [6.45, 7) is 37.4. The Morgan fingerprint density at radius 1 is 0.472 bits per heavy atom. The maximum atomic E-state index is 2.60.